The third-order valence-electron chi connectivity index (χ3n) is 3.52. The molecule has 0 aliphatic rings. The molecule has 0 bridgehead atoms. The van der Waals surface area contributed by atoms with Crippen LogP contribution in [0.25, 0.3) is 0 Å². The van der Waals surface area contributed by atoms with Crippen LogP contribution >= 0.6 is 0 Å². The van der Waals surface area contributed by atoms with Gasteiger partial charge in [0.05, 0.1) is 17.6 Å². The highest BCUT2D eigenvalue weighted by Crippen LogP contribution is 2.20. The Kier molecular flexibility index (Phi) is 4.70. The van der Waals surface area contributed by atoms with E-state index >= 15 is 0 Å². The van der Waals surface area contributed by atoms with Crippen molar-refractivity contribution in [3.8, 4) is 0 Å². The van der Waals surface area contributed by atoms with Crippen LogP contribution in [0.5, 0.6) is 0 Å². The molecule has 0 aliphatic heterocycles. The molecule has 0 fully saturated rings. The first kappa shape index (κ1) is 16.6. The second-order valence-corrected chi connectivity index (χ2v) is 5.50. The summed E-state index contributed by atoms with van der Waals surface area (Å²) in [5, 5.41) is 5.53. The number of hydrogen-bond donors (Lipinski definition) is 2. The Labute approximate surface area is 143 Å². The van der Waals surface area contributed by atoms with Crippen LogP contribution in [-0.4, -0.2) is 10.9 Å². The fraction of sp³-hybridized carbons (Fsp3) is 0.0526. The van der Waals surface area contributed by atoms with Crippen molar-refractivity contribution in [1.82, 2.24) is 4.98 Å². The molecule has 1 amide bonds. The maximum absolute atomic E-state index is 13.6. The number of nitrogens with zero attached hydrogens (tertiary/aromatic N) is 1. The Hall–Kier alpha value is -3.28. The topological polar surface area (TPSA) is 54.0 Å². The lowest BCUT2D eigenvalue weighted by molar-refractivity contribution is 0.102. The average molecular weight is 339 g/mol. The molecular weight excluding hydrogens is 324 g/mol. The van der Waals surface area contributed by atoms with Gasteiger partial charge in [-0.05, 0) is 43.3 Å². The monoisotopic (exact) mass is 339 g/mol. The third kappa shape index (κ3) is 4.17. The van der Waals surface area contributed by atoms with Gasteiger partial charge < -0.3 is 10.6 Å². The minimum absolute atomic E-state index is 0.125. The van der Waals surface area contributed by atoms with Crippen molar-refractivity contribution in [2.75, 3.05) is 10.6 Å². The second-order valence-electron chi connectivity index (χ2n) is 5.50. The molecule has 6 heteroatoms. The number of carbonyl (C=O) groups excluding carboxylic acids is 1. The van der Waals surface area contributed by atoms with E-state index in [2.05, 4.69) is 15.6 Å². The number of halogens is 2. The average Bonchev–Trinajstić information content (AvgIpc) is 2.60. The number of benzene rings is 2. The highest BCUT2D eigenvalue weighted by Gasteiger charge is 2.09. The van der Waals surface area contributed by atoms with E-state index in [1.807, 2.05) is 19.1 Å². The highest BCUT2D eigenvalue weighted by molar-refractivity contribution is 6.02. The Balaban J connectivity index is 1.69. The Morgan fingerprint density at radius 1 is 0.960 bits per heavy atom. The predicted octanol–water partition coefficient (Wildman–Crippen LogP) is 4.66. The van der Waals surface area contributed by atoms with Crippen LogP contribution in [0.4, 0.5) is 25.8 Å². The van der Waals surface area contributed by atoms with Gasteiger partial charge in [-0.25, -0.2) is 13.8 Å². The van der Waals surface area contributed by atoms with E-state index in [1.54, 1.807) is 18.2 Å². The highest BCUT2D eigenvalue weighted by atomic mass is 19.1. The minimum atomic E-state index is -0.707. The fourth-order valence-corrected chi connectivity index (χ4v) is 2.18. The summed E-state index contributed by atoms with van der Waals surface area (Å²) in [6, 6.07) is 13.8. The van der Waals surface area contributed by atoms with Crippen LogP contribution in [0.3, 0.4) is 0 Å². The summed E-state index contributed by atoms with van der Waals surface area (Å²) >= 11 is 0. The number of amides is 1. The zero-order valence-corrected chi connectivity index (χ0v) is 13.4. The molecule has 0 spiro atoms. The van der Waals surface area contributed by atoms with Crippen molar-refractivity contribution < 1.29 is 13.6 Å². The Morgan fingerprint density at radius 3 is 2.32 bits per heavy atom. The molecule has 0 aliphatic carbocycles. The van der Waals surface area contributed by atoms with Gasteiger partial charge in [-0.3, -0.25) is 4.79 Å². The summed E-state index contributed by atoms with van der Waals surface area (Å²) in [5.74, 6) is -1.70. The van der Waals surface area contributed by atoms with Crippen LogP contribution in [0.15, 0.2) is 60.8 Å². The van der Waals surface area contributed by atoms with Gasteiger partial charge in [0.15, 0.2) is 0 Å². The maximum Gasteiger partial charge on any atom is 0.274 e. The van der Waals surface area contributed by atoms with Gasteiger partial charge in [-0.1, -0.05) is 17.7 Å². The molecule has 25 heavy (non-hydrogen) atoms. The normalized spacial score (nSPS) is 10.4. The standard InChI is InChI=1S/C19H15F2N3O/c1-12-2-5-14(6-3-12)24-19(25)18-9-7-15(11-22-18)23-17-8-4-13(20)10-16(17)21/h2-11,23H,1H3,(H,24,25). The fourth-order valence-electron chi connectivity index (χ4n) is 2.18. The summed E-state index contributed by atoms with van der Waals surface area (Å²) in [4.78, 5) is 16.2. The number of rotatable bonds is 4. The van der Waals surface area contributed by atoms with E-state index in [1.165, 1.54) is 18.3 Å². The van der Waals surface area contributed by atoms with Crippen molar-refractivity contribution in [2.45, 2.75) is 6.92 Å². The Morgan fingerprint density at radius 2 is 1.68 bits per heavy atom. The van der Waals surface area contributed by atoms with Crippen molar-refractivity contribution in [2.24, 2.45) is 0 Å². The molecule has 126 valence electrons. The van der Waals surface area contributed by atoms with Gasteiger partial charge in [-0.15, -0.1) is 0 Å². The molecule has 4 nitrogen and oxygen atoms in total. The molecule has 1 aromatic heterocycles. The number of pyridine rings is 1. The molecule has 0 saturated carbocycles. The van der Waals surface area contributed by atoms with Gasteiger partial charge in [0.2, 0.25) is 0 Å². The first-order chi connectivity index (χ1) is 12.0. The van der Waals surface area contributed by atoms with Gasteiger partial charge in [0, 0.05) is 11.8 Å². The number of nitrogens with one attached hydrogen (secondary N) is 2. The number of anilines is 3. The van der Waals surface area contributed by atoms with Crippen molar-refractivity contribution in [3.05, 3.63) is 83.7 Å². The third-order valence-corrected chi connectivity index (χ3v) is 3.52. The lowest BCUT2D eigenvalue weighted by Crippen LogP contribution is -2.13. The molecule has 0 saturated heterocycles. The van der Waals surface area contributed by atoms with Gasteiger partial charge in [0.1, 0.15) is 17.3 Å². The molecule has 0 radical (unpaired) electrons. The molecule has 2 N–H and O–H groups in total. The zero-order chi connectivity index (χ0) is 17.8. The first-order valence-electron chi connectivity index (χ1n) is 7.57. The van der Waals surface area contributed by atoms with E-state index in [9.17, 15) is 13.6 Å². The number of aromatic nitrogens is 1. The summed E-state index contributed by atoms with van der Waals surface area (Å²) in [5.41, 5.74) is 2.61. The smallest absolute Gasteiger partial charge is 0.274 e. The summed E-state index contributed by atoms with van der Waals surface area (Å²) < 4.78 is 26.5. The minimum Gasteiger partial charge on any atom is -0.352 e. The lowest BCUT2D eigenvalue weighted by Gasteiger charge is -2.08. The molecule has 0 atom stereocenters. The van der Waals surface area contributed by atoms with Crippen molar-refractivity contribution in [3.63, 3.8) is 0 Å². The molecule has 3 aromatic rings. The second kappa shape index (κ2) is 7.09. The largest absolute Gasteiger partial charge is 0.352 e. The van der Waals surface area contributed by atoms with E-state index in [4.69, 9.17) is 0 Å². The van der Waals surface area contributed by atoms with Crippen molar-refractivity contribution in [1.29, 1.82) is 0 Å². The molecule has 1 heterocycles. The summed E-state index contributed by atoms with van der Waals surface area (Å²) in [6.07, 6.45) is 1.41. The maximum atomic E-state index is 13.6. The first-order valence-corrected chi connectivity index (χ1v) is 7.57. The number of hydrogen-bond acceptors (Lipinski definition) is 3. The summed E-state index contributed by atoms with van der Waals surface area (Å²) in [6.45, 7) is 1.96. The van der Waals surface area contributed by atoms with Gasteiger partial charge in [0.25, 0.3) is 5.91 Å². The van der Waals surface area contributed by atoms with Crippen LogP contribution in [-0.2, 0) is 0 Å². The van der Waals surface area contributed by atoms with Crippen LogP contribution in [0.1, 0.15) is 16.1 Å². The summed E-state index contributed by atoms with van der Waals surface area (Å²) in [7, 11) is 0. The lowest BCUT2D eigenvalue weighted by atomic mass is 10.2. The van der Waals surface area contributed by atoms with E-state index in [0.29, 0.717) is 11.4 Å². The van der Waals surface area contributed by atoms with E-state index in [-0.39, 0.29) is 17.3 Å². The van der Waals surface area contributed by atoms with E-state index < -0.39 is 11.6 Å². The number of carbonyl (C=O) groups is 1. The van der Waals surface area contributed by atoms with Crippen LogP contribution in [0, 0.1) is 18.6 Å². The quantitative estimate of drug-likeness (QED) is 0.727. The van der Waals surface area contributed by atoms with Gasteiger partial charge in [-0.2, -0.15) is 0 Å². The van der Waals surface area contributed by atoms with E-state index in [0.717, 1.165) is 17.7 Å². The Bertz CT molecular complexity index is 894. The van der Waals surface area contributed by atoms with Crippen molar-refractivity contribution >= 4 is 23.0 Å². The molecular formula is C19H15F2N3O. The van der Waals surface area contributed by atoms with Crippen LogP contribution in [0.2, 0.25) is 0 Å². The van der Waals surface area contributed by atoms with Gasteiger partial charge >= 0.3 is 0 Å². The van der Waals surface area contributed by atoms with Crippen LogP contribution < -0.4 is 10.6 Å². The molecule has 0 unspecified atom stereocenters. The zero-order valence-electron chi connectivity index (χ0n) is 13.4. The predicted molar refractivity (Wildman–Crippen MR) is 93.0 cm³/mol. The number of aryl methyl sites for hydroxylation is 1. The molecule has 2 aromatic carbocycles. The SMILES string of the molecule is Cc1ccc(NC(=O)c2ccc(Nc3ccc(F)cc3F)cn2)cc1. The molecule has 3 rings (SSSR count).